The zero-order valence-electron chi connectivity index (χ0n) is 17.4. The van der Waals surface area contributed by atoms with Crippen molar-refractivity contribution in [1.82, 2.24) is 10.6 Å². The molecule has 32 heavy (non-hydrogen) atoms. The van der Waals surface area contributed by atoms with Gasteiger partial charge in [-0.2, -0.15) is 0 Å². The van der Waals surface area contributed by atoms with Gasteiger partial charge in [0, 0.05) is 5.92 Å². The summed E-state index contributed by atoms with van der Waals surface area (Å²) in [6.45, 7) is 1.93. The Labute approximate surface area is 207 Å². The number of anilines is 1. The van der Waals surface area contributed by atoms with Crippen LogP contribution in [0.4, 0.5) is 5.69 Å². The summed E-state index contributed by atoms with van der Waals surface area (Å²) in [5.41, 5.74) is 1.32. The summed E-state index contributed by atoms with van der Waals surface area (Å²) in [6, 6.07) is 8.93. The van der Waals surface area contributed by atoms with Crippen molar-refractivity contribution in [2.24, 2.45) is 5.92 Å². The lowest BCUT2D eigenvalue weighted by molar-refractivity contribution is -0.126. The van der Waals surface area contributed by atoms with Crippen LogP contribution in [0.25, 0.3) is 10.8 Å². The number of alkyl halides is 3. The molecule has 0 radical (unpaired) electrons. The highest BCUT2D eigenvalue weighted by atomic mass is 35.6. The minimum Gasteiger partial charge on any atom is -0.478 e. The standard InChI is InChI=1S/C22H24Cl3N3O3S/c1-12-6-5-9-14-10-16(19(30)31)17(11-15(12)14)26-21(32)28-20(22(23,24)25)27-18(29)13-7-3-2-4-8-13/h5-6,9-11,13,20H,2-4,7-8H2,1H3,(H,27,29)(H,30,31)(H2,26,28,32). The molecular weight excluding hydrogens is 493 g/mol. The maximum Gasteiger partial charge on any atom is 0.337 e. The highest BCUT2D eigenvalue weighted by Gasteiger charge is 2.36. The second-order valence-electron chi connectivity index (χ2n) is 7.92. The van der Waals surface area contributed by atoms with Gasteiger partial charge in [0.25, 0.3) is 0 Å². The number of rotatable bonds is 5. The molecule has 0 bridgehead atoms. The topological polar surface area (TPSA) is 90.5 Å². The van der Waals surface area contributed by atoms with Gasteiger partial charge in [0.1, 0.15) is 6.17 Å². The van der Waals surface area contributed by atoms with E-state index in [0.717, 1.165) is 48.4 Å². The summed E-state index contributed by atoms with van der Waals surface area (Å²) in [4.78, 5) is 24.5. The van der Waals surface area contributed by atoms with E-state index in [0.29, 0.717) is 5.69 Å². The number of fused-ring (bicyclic) bond motifs is 1. The quantitative estimate of drug-likeness (QED) is 0.237. The first kappa shape index (κ1) is 24.8. The van der Waals surface area contributed by atoms with Crippen molar-refractivity contribution in [3.63, 3.8) is 0 Å². The number of carboxylic acids is 1. The Morgan fingerprint density at radius 1 is 1.12 bits per heavy atom. The molecular formula is C22H24Cl3N3O3S. The van der Waals surface area contributed by atoms with E-state index in [2.05, 4.69) is 16.0 Å². The van der Waals surface area contributed by atoms with Crippen LogP contribution < -0.4 is 16.0 Å². The number of nitrogens with one attached hydrogen (secondary N) is 3. The van der Waals surface area contributed by atoms with Crippen LogP contribution >= 0.6 is 47.0 Å². The van der Waals surface area contributed by atoms with Crippen LogP contribution in [0.3, 0.4) is 0 Å². The SMILES string of the molecule is Cc1cccc2cc(C(=O)O)c(NC(=S)NC(NC(=O)C3CCCCC3)C(Cl)(Cl)Cl)cc12. The number of halogens is 3. The molecule has 3 rings (SSSR count). The van der Waals surface area contributed by atoms with E-state index < -0.39 is 15.9 Å². The third-order valence-corrected chi connectivity index (χ3v) is 6.46. The lowest BCUT2D eigenvalue weighted by Crippen LogP contribution is -2.57. The predicted octanol–water partition coefficient (Wildman–Crippen LogP) is 5.53. The van der Waals surface area contributed by atoms with Crippen molar-refractivity contribution in [1.29, 1.82) is 0 Å². The highest BCUT2D eigenvalue weighted by Crippen LogP contribution is 2.31. The minimum atomic E-state index is -1.88. The molecule has 0 heterocycles. The number of hydrogen-bond donors (Lipinski definition) is 4. The third kappa shape index (κ3) is 6.16. The molecule has 6 nitrogen and oxygen atoms in total. The summed E-state index contributed by atoms with van der Waals surface area (Å²) in [5.74, 6) is -1.45. The van der Waals surface area contributed by atoms with Crippen molar-refractivity contribution in [3.8, 4) is 0 Å². The average molecular weight is 517 g/mol. The van der Waals surface area contributed by atoms with Crippen molar-refractivity contribution in [2.75, 3.05) is 5.32 Å². The molecule has 0 aliphatic heterocycles. The predicted molar refractivity (Wildman–Crippen MR) is 134 cm³/mol. The first-order valence-electron chi connectivity index (χ1n) is 10.3. The summed E-state index contributed by atoms with van der Waals surface area (Å²) in [6.07, 6.45) is 3.57. The average Bonchev–Trinajstić information content (AvgIpc) is 2.73. The van der Waals surface area contributed by atoms with E-state index in [4.69, 9.17) is 47.0 Å². The van der Waals surface area contributed by atoms with E-state index in [-0.39, 0.29) is 22.5 Å². The molecule has 0 spiro atoms. The largest absolute Gasteiger partial charge is 0.478 e. The summed E-state index contributed by atoms with van der Waals surface area (Å²) < 4.78 is -1.88. The Morgan fingerprint density at radius 2 is 1.81 bits per heavy atom. The van der Waals surface area contributed by atoms with Gasteiger partial charge in [-0.1, -0.05) is 72.3 Å². The van der Waals surface area contributed by atoms with Gasteiger partial charge in [0.05, 0.1) is 11.3 Å². The molecule has 1 atom stereocenters. The van der Waals surface area contributed by atoms with Crippen LogP contribution in [0.2, 0.25) is 0 Å². The molecule has 1 aliphatic carbocycles. The molecule has 1 fully saturated rings. The van der Waals surface area contributed by atoms with E-state index in [1.54, 1.807) is 12.1 Å². The van der Waals surface area contributed by atoms with Crippen LogP contribution in [0.15, 0.2) is 30.3 Å². The van der Waals surface area contributed by atoms with Crippen molar-refractivity contribution in [2.45, 2.75) is 49.0 Å². The number of aryl methyl sites for hydroxylation is 1. The number of hydrogen-bond acceptors (Lipinski definition) is 3. The van der Waals surface area contributed by atoms with Gasteiger partial charge >= 0.3 is 5.97 Å². The van der Waals surface area contributed by atoms with Crippen LogP contribution in [0.5, 0.6) is 0 Å². The van der Waals surface area contributed by atoms with Crippen LogP contribution in [0.1, 0.15) is 48.0 Å². The van der Waals surface area contributed by atoms with Gasteiger partial charge in [0.15, 0.2) is 5.11 Å². The first-order valence-corrected chi connectivity index (χ1v) is 11.8. The van der Waals surface area contributed by atoms with E-state index in [9.17, 15) is 14.7 Å². The molecule has 1 aliphatic rings. The monoisotopic (exact) mass is 515 g/mol. The molecule has 2 aromatic rings. The third-order valence-electron chi connectivity index (χ3n) is 5.58. The van der Waals surface area contributed by atoms with Gasteiger partial charge in [0.2, 0.25) is 9.70 Å². The van der Waals surface area contributed by atoms with Crippen LogP contribution in [-0.2, 0) is 4.79 Å². The van der Waals surface area contributed by atoms with Gasteiger partial charge in [-0.3, -0.25) is 4.79 Å². The second kappa shape index (κ2) is 10.4. The van der Waals surface area contributed by atoms with Gasteiger partial charge in [-0.15, -0.1) is 0 Å². The fraction of sp³-hybridized carbons (Fsp3) is 0.409. The smallest absolute Gasteiger partial charge is 0.337 e. The normalized spacial score (nSPS) is 15.8. The molecule has 1 amide bonds. The Morgan fingerprint density at radius 3 is 2.44 bits per heavy atom. The Balaban J connectivity index is 1.79. The summed E-state index contributed by atoms with van der Waals surface area (Å²) in [5, 5.41) is 19.8. The van der Waals surface area contributed by atoms with E-state index >= 15 is 0 Å². The lowest BCUT2D eigenvalue weighted by atomic mass is 9.88. The molecule has 10 heteroatoms. The molecule has 4 N–H and O–H groups in total. The number of aromatic carboxylic acids is 1. The summed E-state index contributed by atoms with van der Waals surface area (Å²) in [7, 11) is 0. The molecule has 0 saturated heterocycles. The number of benzene rings is 2. The van der Waals surface area contributed by atoms with Crippen LogP contribution in [0, 0.1) is 12.8 Å². The minimum absolute atomic E-state index is 0.0145. The molecule has 1 saturated carbocycles. The first-order chi connectivity index (χ1) is 15.1. The number of amides is 1. The molecule has 0 aromatic heterocycles. The van der Waals surface area contributed by atoms with Crippen molar-refractivity contribution in [3.05, 3.63) is 41.5 Å². The Bertz CT molecular complexity index is 1040. The number of carbonyl (C=O) groups excluding carboxylic acids is 1. The number of carboxylic acid groups (broad SMARTS) is 1. The zero-order chi connectivity index (χ0) is 23.5. The fourth-order valence-corrected chi connectivity index (χ4v) is 4.43. The lowest BCUT2D eigenvalue weighted by Gasteiger charge is -2.30. The van der Waals surface area contributed by atoms with E-state index in [1.807, 2.05) is 25.1 Å². The van der Waals surface area contributed by atoms with Gasteiger partial charge < -0.3 is 21.1 Å². The zero-order valence-corrected chi connectivity index (χ0v) is 20.5. The van der Waals surface area contributed by atoms with Crippen molar-refractivity contribution >= 4 is 80.5 Å². The van der Waals surface area contributed by atoms with Gasteiger partial charge in [-0.25, -0.2) is 4.79 Å². The van der Waals surface area contributed by atoms with Crippen LogP contribution in [-0.4, -0.2) is 32.1 Å². The molecule has 1 unspecified atom stereocenters. The number of carbonyl (C=O) groups is 2. The molecule has 2 aromatic carbocycles. The second-order valence-corrected chi connectivity index (χ2v) is 10.7. The van der Waals surface area contributed by atoms with E-state index in [1.165, 1.54) is 0 Å². The Hall–Kier alpha value is -1.80. The fourth-order valence-electron chi connectivity index (χ4n) is 3.88. The van der Waals surface area contributed by atoms with Gasteiger partial charge in [-0.05, 0) is 60.5 Å². The maximum atomic E-state index is 12.7. The molecule has 172 valence electrons. The maximum absolute atomic E-state index is 12.7. The van der Waals surface area contributed by atoms with Crippen molar-refractivity contribution < 1.29 is 14.7 Å². The number of thiocarbonyl (C=S) groups is 1. The Kier molecular flexibility index (Phi) is 8.09. The summed E-state index contributed by atoms with van der Waals surface area (Å²) >= 11 is 23.6. The highest BCUT2D eigenvalue weighted by molar-refractivity contribution is 7.80.